The van der Waals surface area contributed by atoms with Crippen LogP contribution in [0.5, 0.6) is 5.75 Å². The minimum absolute atomic E-state index is 0.0923. The van der Waals surface area contributed by atoms with Gasteiger partial charge in [0, 0.05) is 5.69 Å². The summed E-state index contributed by atoms with van der Waals surface area (Å²) in [6.45, 7) is -0.177. The summed E-state index contributed by atoms with van der Waals surface area (Å²) in [6, 6.07) is 7.82. The lowest BCUT2D eigenvalue weighted by Gasteiger charge is -2.08. The third-order valence-electron chi connectivity index (χ3n) is 2.80. The van der Waals surface area contributed by atoms with Gasteiger partial charge in [0.05, 0.1) is 12.7 Å². The van der Waals surface area contributed by atoms with Gasteiger partial charge >= 0.3 is 5.97 Å². The summed E-state index contributed by atoms with van der Waals surface area (Å²) in [6.07, 6.45) is 0. The molecule has 0 saturated carbocycles. The Hall–Kier alpha value is -2.63. The molecule has 4 nitrogen and oxygen atoms in total. The van der Waals surface area contributed by atoms with Gasteiger partial charge in [0.15, 0.2) is 11.6 Å². The van der Waals surface area contributed by atoms with Crippen molar-refractivity contribution in [2.45, 2.75) is 6.61 Å². The summed E-state index contributed by atoms with van der Waals surface area (Å²) >= 11 is 0. The number of nitrogens with two attached hydrogens (primary N) is 1. The van der Waals surface area contributed by atoms with Gasteiger partial charge in [-0.1, -0.05) is 6.07 Å². The Balaban J connectivity index is 2.05. The van der Waals surface area contributed by atoms with Crippen molar-refractivity contribution >= 4 is 11.7 Å². The van der Waals surface area contributed by atoms with E-state index in [2.05, 4.69) is 0 Å². The van der Waals surface area contributed by atoms with Crippen molar-refractivity contribution in [2.75, 3.05) is 12.8 Å². The first-order valence-corrected chi connectivity index (χ1v) is 6.06. The molecule has 2 aromatic rings. The predicted molar refractivity (Wildman–Crippen MR) is 72.9 cm³/mol. The molecule has 0 heterocycles. The summed E-state index contributed by atoms with van der Waals surface area (Å²) in [7, 11) is 1.35. The lowest BCUT2D eigenvalue weighted by molar-refractivity contribution is 0.0467. The van der Waals surface area contributed by atoms with E-state index in [4.69, 9.17) is 15.2 Å². The number of carbonyl (C=O) groups is 1. The normalized spacial score (nSPS) is 10.2. The minimum Gasteiger partial charge on any atom is -0.494 e. The van der Waals surface area contributed by atoms with E-state index in [-0.39, 0.29) is 23.6 Å². The molecule has 0 aliphatic rings. The van der Waals surface area contributed by atoms with Crippen LogP contribution in [0, 0.1) is 11.6 Å². The molecule has 0 radical (unpaired) electrons. The summed E-state index contributed by atoms with van der Waals surface area (Å²) in [4.78, 5) is 11.7. The van der Waals surface area contributed by atoms with Gasteiger partial charge in [0.1, 0.15) is 12.4 Å². The zero-order valence-electron chi connectivity index (χ0n) is 11.2. The van der Waals surface area contributed by atoms with Crippen molar-refractivity contribution in [2.24, 2.45) is 0 Å². The predicted octanol–water partition coefficient (Wildman–Crippen LogP) is 2.91. The maximum atomic E-state index is 13.5. The van der Waals surface area contributed by atoms with Crippen LogP contribution in [0.15, 0.2) is 36.4 Å². The van der Waals surface area contributed by atoms with Gasteiger partial charge in [-0.15, -0.1) is 0 Å². The molecular weight excluding hydrogens is 280 g/mol. The van der Waals surface area contributed by atoms with Crippen molar-refractivity contribution < 1.29 is 23.0 Å². The maximum Gasteiger partial charge on any atom is 0.341 e. The summed E-state index contributed by atoms with van der Waals surface area (Å²) < 4.78 is 36.7. The van der Waals surface area contributed by atoms with E-state index in [0.29, 0.717) is 5.56 Å². The lowest BCUT2D eigenvalue weighted by Crippen LogP contribution is -2.08. The van der Waals surface area contributed by atoms with E-state index in [1.165, 1.54) is 31.4 Å². The largest absolute Gasteiger partial charge is 0.494 e. The molecule has 0 unspecified atom stereocenters. The molecule has 0 fully saturated rings. The average Bonchev–Trinajstić information content (AvgIpc) is 2.45. The number of hydrogen-bond donors (Lipinski definition) is 1. The zero-order chi connectivity index (χ0) is 15.4. The number of methoxy groups -OCH3 is 1. The molecule has 0 spiro atoms. The molecule has 0 atom stereocenters. The second kappa shape index (κ2) is 6.21. The Kier molecular flexibility index (Phi) is 4.37. The van der Waals surface area contributed by atoms with Crippen LogP contribution >= 0.6 is 0 Å². The fourth-order valence-corrected chi connectivity index (χ4v) is 1.72. The molecule has 2 aromatic carbocycles. The van der Waals surface area contributed by atoms with Crippen molar-refractivity contribution in [3.8, 4) is 5.75 Å². The van der Waals surface area contributed by atoms with Crippen LogP contribution in [0.3, 0.4) is 0 Å². The molecule has 0 aromatic heterocycles. The van der Waals surface area contributed by atoms with E-state index >= 15 is 0 Å². The monoisotopic (exact) mass is 293 g/mol. The molecule has 0 bridgehead atoms. The zero-order valence-corrected chi connectivity index (χ0v) is 11.2. The van der Waals surface area contributed by atoms with E-state index in [9.17, 15) is 13.6 Å². The van der Waals surface area contributed by atoms with Crippen molar-refractivity contribution in [1.29, 1.82) is 0 Å². The average molecular weight is 293 g/mol. The van der Waals surface area contributed by atoms with Crippen LogP contribution in [-0.2, 0) is 11.3 Å². The second-order valence-electron chi connectivity index (χ2n) is 4.28. The van der Waals surface area contributed by atoms with Crippen LogP contribution in [0.4, 0.5) is 14.5 Å². The SMILES string of the molecule is COc1ccc(COC(=O)c2ccc(N)cc2F)cc1F. The van der Waals surface area contributed by atoms with Crippen LogP contribution in [0.1, 0.15) is 15.9 Å². The molecule has 110 valence electrons. The molecule has 0 aliphatic heterocycles. The van der Waals surface area contributed by atoms with Gasteiger partial charge in [-0.25, -0.2) is 13.6 Å². The first-order valence-electron chi connectivity index (χ1n) is 6.06. The number of halogens is 2. The molecule has 0 saturated heterocycles. The number of anilines is 1. The number of ether oxygens (including phenoxy) is 2. The van der Waals surface area contributed by atoms with Gasteiger partial charge in [0.25, 0.3) is 0 Å². The van der Waals surface area contributed by atoms with Crippen molar-refractivity contribution in [1.82, 2.24) is 0 Å². The fraction of sp³-hybridized carbons (Fsp3) is 0.133. The summed E-state index contributed by atoms with van der Waals surface area (Å²) in [5.74, 6) is -2.08. The molecular formula is C15H13F2NO3. The van der Waals surface area contributed by atoms with Gasteiger partial charge in [0.2, 0.25) is 0 Å². The van der Waals surface area contributed by atoms with Gasteiger partial charge in [-0.05, 0) is 35.9 Å². The number of hydrogen-bond acceptors (Lipinski definition) is 4. The second-order valence-corrected chi connectivity index (χ2v) is 4.28. The summed E-state index contributed by atoms with van der Waals surface area (Å²) in [5.41, 5.74) is 5.80. The molecule has 2 N–H and O–H groups in total. The van der Waals surface area contributed by atoms with E-state index in [0.717, 1.165) is 6.07 Å². The van der Waals surface area contributed by atoms with Crippen LogP contribution in [-0.4, -0.2) is 13.1 Å². The van der Waals surface area contributed by atoms with Crippen molar-refractivity contribution in [3.63, 3.8) is 0 Å². The standard InChI is InChI=1S/C15H13F2NO3/c1-20-14-5-2-9(6-13(14)17)8-21-15(19)11-4-3-10(18)7-12(11)16/h2-7H,8,18H2,1H3. The third kappa shape index (κ3) is 3.47. The Morgan fingerprint density at radius 3 is 2.52 bits per heavy atom. The van der Waals surface area contributed by atoms with Crippen LogP contribution in [0.2, 0.25) is 0 Å². The number of nitrogen functional groups attached to an aromatic ring is 1. The smallest absolute Gasteiger partial charge is 0.341 e. The van der Waals surface area contributed by atoms with E-state index < -0.39 is 17.6 Å². The number of carbonyl (C=O) groups excluding carboxylic acids is 1. The molecule has 21 heavy (non-hydrogen) atoms. The van der Waals surface area contributed by atoms with E-state index in [1.54, 1.807) is 6.07 Å². The molecule has 2 rings (SSSR count). The number of rotatable bonds is 4. The highest BCUT2D eigenvalue weighted by atomic mass is 19.1. The topological polar surface area (TPSA) is 61.5 Å². The van der Waals surface area contributed by atoms with Crippen molar-refractivity contribution in [3.05, 3.63) is 59.2 Å². The molecule has 0 aliphatic carbocycles. The molecule has 0 amide bonds. The number of esters is 1. The first kappa shape index (κ1) is 14.8. The maximum absolute atomic E-state index is 13.5. The van der Waals surface area contributed by atoms with Gasteiger partial charge in [-0.3, -0.25) is 0 Å². The Morgan fingerprint density at radius 1 is 1.14 bits per heavy atom. The Labute approximate surface area is 120 Å². The van der Waals surface area contributed by atoms with E-state index in [1.807, 2.05) is 0 Å². The Morgan fingerprint density at radius 2 is 1.90 bits per heavy atom. The summed E-state index contributed by atoms with van der Waals surface area (Å²) in [5, 5.41) is 0. The first-order chi connectivity index (χ1) is 10.0. The number of benzene rings is 2. The van der Waals surface area contributed by atoms with Crippen LogP contribution in [0.25, 0.3) is 0 Å². The molecule has 6 heteroatoms. The Bertz CT molecular complexity index is 674. The highest BCUT2D eigenvalue weighted by molar-refractivity contribution is 5.90. The minimum atomic E-state index is -0.844. The quantitative estimate of drug-likeness (QED) is 0.695. The highest BCUT2D eigenvalue weighted by Gasteiger charge is 2.14. The highest BCUT2D eigenvalue weighted by Crippen LogP contribution is 2.19. The van der Waals surface area contributed by atoms with Gasteiger partial charge in [-0.2, -0.15) is 0 Å². The van der Waals surface area contributed by atoms with Gasteiger partial charge < -0.3 is 15.2 Å². The van der Waals surface area contributed by atoms with Crippen LogP contribution < -0.4 is 10.5 Å². The fourth-order valence-electron chi connectivity index (χ4n) is 1.72. The lowest BCUT2D eigenvalue weighted by atomic mass is 10.2. The third-order valence-corrected chi connectivity index (χ3v) is 2.80.